The molecule has 15 heavy (non-hydrogen) atoms. The van der Waals surface area contributed by atoms with Crippen molar-refractivity contribution in [3.8, 4) is 0 Å². The Labute approximate surface area is 94.3 Å². The van der Waals surface area contributed by atoms with Crippen LogP contribution in [-0.2, 0) is 6.42 Å². The lowest BCUT2D eigenvalue weighted by Crippen LogP contribution is -2.16. The highest BCUT2D eigenvalue weighted by molar-refractivity contribution is 6.33. The monoisotopic (exact) mass is 223 g/mol. The van der Waals surface area contributed by atoms with E-state index in [0.717, 1.165) is 29.3 Å². The summed E-state index contributed by atoms with van der Waals surface area (Å²) < 4.78 is 2.05. The van der Waals surface area contributed by atoms with Gasteiger partial charge in [0.1, 0.15) is 5.82 Å². The summed E-state index contributed by atoms with van der Waals surface area (Å²) in [7, 11) is 4.12. The molecule has 0 saturated heterocycles. The standard InChI is InChI=1S/C11H14ClN3/c1-14(2)7-5-11-13-8-10-9(12)4-3-6-15(10)11/h3-4,6,8H,5,7H2,1-2H3. The molecule has 0 amide bonds. The third-order valence-corrected chi connectivity index (χ3v) is 2.70. The van der Waals surface area contributed by atoms with Gasteiger partial charge in [-0.3, -0.25) is 0 Å². The molecule has 2 aromatic rings. The van der Waals surface area contributed by atoms with E-state index in [4.69, 9.17) is 11.6 Å². The number of fused-ring (bicyclic) bond motifs is 1. The molecule has 0 fully saturated rings. The van der Waals surface area contributed by atoms with Crippen LogP contribution in [-0.4, -0.2) is 34.9 Å². The number of hydrogen-bond acceptors (Lipinski definition) is 2. The smallest absolute Gasteiger partial charge is 0.114 e. The molecule has 2 aromatic heterocycles. The molecule has 0 aliphatic carbocycles. The quantitative estimate of drug-likeness (QED) is 0.795. The SMILES string of the molecule is CN(C)CCc1ncc2c(Cl)cccn12. The van der Waals surface area contributed by atoms with Crippen LogP contribution in [0.3, 0.4) is 0 Å². The maximum atomic E-state index is 6.06. The van der Waals surface area contributed by atoms with E-state index in [-0.39, 0.29) is 0 Å². The first-order valence-corrected chi connectivity index (χ1v) is 5.31. The van der Waals surface area contributed by atoms with Gasteiger partial charge in [0, 0.05) is 19.2 Å². The van der Waals surface area contributed by atoms with E-state index < -0.39 is 0 Å². The van der Waals surface area contributed by atoms with Crippen molar-refractivity contribution in [2.24, 2.45) is 0 Å². The summed E-state index contributed by atoms with van der Waals surface area (Å²) in [5.74, 6) is 1.06. The number of nitrogens with zero attached hydrogens (tertiary/aromatic N) is 3. The molecule has 0 aliphatic rings. The molecule has 4 heteroatoms. The average Bonchev–Trinajstić information content (AvgIpc) is 2.59. The molecule has 0 bridgehead atoms. The molecular weight excluding hydrogens is 210 g/mol. The van der Waals surface area contributed by atoms with Crippen molar-refractivity contribution in [3.05, 3.63) is 35.4 Å². The van der Waals surface area contributed by atoms with Crippen molar-refractivity contribution in [1.29, 1.82) is 0 Å². The molecule has 80 valence electrons. The first kappa shape index (κ1) is 10.5. The van der Waals surface area contributed by atoms with Crippen LogP contribution in [0, 0.1) is 0 Å². The van der Waals surface area contributed by atoms with Crippen LogP contribution in [0.1, 0.15) is 5.82 Å². The van der Waals surface area contributed by atoms with E-state index in [9.17, 15) is 0 Å². The lowest BCUT2D eigenvalue weighted by Gasteiger charge is -2.08. The molecule has 2 heterocycles. The van der Waals surface area contributed by atoms with Gasteiger partial charge in [0.2, 0.25) is 0 Å². The molecular formula is C11H14ClN3. The summed E-state index contributed by atoms with van der Waals surface area (Å²) in [5, 5.41) is 0.751. The number of imidazole rings is 1. The normalized spacial score (nSPS) is 11.5. The molecule has 0 spiro atoms. The fraction of sp³-hybridized carbons (Fsp3) is 0.364. The Hall–Kier alpha value is -1.06. The zero-order chi connectivity index (χ0) is 10.8. The molecule has 0 N–H and O–H groups in total. The number of halogens is 1. The Morgan fingerprint density at radius 2 is 2.27 bits per heavy atom. The van der Waals surface area contributed by atoms with Crippen molar-refractivity contribution < 1.29 is 0 Å². The average molecular weight is 224 g/mol. The van der Waals surface area contributed by atoms with Gasteiger partial charge in [-0.05, 0) is 26.2 Å². The predicted octanol–water partition coefficient (Wildman–Crippen LogP) is 2.09. The zero-order valence-corrected chi connectivity index (χ0v) is 9.70. The van der Waals surface area contributed by atoms with Crippen molar-refractivity contribution in [2.75, 3.05) is 20.6 Å². The summed E-state index contributed by atoms with van der Waals surface area (Å²) >= 11 is 6.06. The Bertz CT molecular complexity index is 462. The molecule has 0 aliphatic heterocycles. The summed E-state index contributed by atoms with van der Waals surface area (Å²) in [5.41, 5.74) is 0.980. The lowest BCUT2D eigenvalue weighted by atomic mass is 10.3. The van der Waals surface area contributed by atoms with Gasteiger partial charge < -0.3 is 9.30 Å². The highest BCUT2D eigenvalue weighted by atomic mass is 35.5. The number of hydrogen-bond donors (Lipinski definition) is 0. The first-order chi connectivity index (χ1) is 7.18. The maximum absolute atomic E-state index is 6.06. The Morgan fingerprint density at radius 1 is 1.47 bits per heavy atom. The van der Waals surface area contributed by atoms with Gasteiger partial charge in [0.15, 0.2) is 0 Å². The Kier molecular flexibility index (Phi) is 2.93. The molecule has 0 radical (unpaired) electrons. The zero-order valence-electron chi connectivity index (χ0n) is 8.94. The minimum atomic E-state index is 0.751. The van der Waals surface area contributed by atoms with Crippen LogP contribution in [0.25, 0.3) is 5.52 Å². The summed E-state index contributed by atoms with van der Waals surface area (Å²) in [6.07, 6.45) is 4.76. The second-order valence-corrected chi connectivity index (χ2v) is 4.25. The highest BCUT2D eigenvalue weighted by Crippen LogP contribution is 2.17. The van der Waals surface area contributed by atoms with Gasteiger partial charge in [-0.25, -0.2) is 4.98 Å². The Balaban J connectivity index is 2.33. The Morgan fingerprint density at radius 3 is 3.00 bits per heavy atom. The van der Waals surface area contributed by atoms with Crippen LogP contribution in [0.4, 0.5) is 0 Å². The van der Waals surface area contributed by atoms with Gasteiger partial charge in [0.05, 0.1) is 16.7 Å². The maximum Gasteiger partial charge on any atom is 0.114 e. The summed E-state index contributed by atoms with van der Waals surface area (Å²) in [6.45, 7) is 0.992. The van der Waals surface area contributed by atoms with Crippen LogP contribution in [0.5, 0.6) is 0 Å². The van der Waals surface area contributed by atoms with Gasteiger partial charge in [0.25, 0.3) is 0 Å². The molecule has 3 nitrogen and oxygen atoms in total. The first-order valence-electron chi connectivity index (χ1n) is 4.93. The third kappa shape index (κ3) is 2.13. The molecule has 0 unspecified atom stereocenters. The van der Waals surface area contributed by atoms with E-state index in [2.05, 4.69) is 24.0 Å². The number of pyridine rings is 1. The minimum Gasteiger partial charge on any atom is -0.309 e. The fourth-order valence-corrected chi connectivity index (χ4v) is 1.76. The van der Waals surface area contributed by atoms with E-state index in [1.54, 1.807) is 0 Å². The lowest BCUT2D eigenvalue weighted by molar-refractivity contribution is 0.409. The largest absolute Gasteiger partial charge is 0.309 e. The number of likely N-dealkylation sites (N-methyl/N-ethyl adjacent to an activating group) is 1. The van der Waals surface area contributed by atoms with Crippen LogP contribution >= 0.6 is 11.6 Å². The molecule has 2 rings (SSSR count). The topological polar surface area (TPSA) is 20.5 Å². The number of rotatable bonds is 3. The van der Waals surface area contributed by atoms with E-state index in [1.807, 2.05) is 28.9 Å². The molecule has 0 atom stereocenters. The van der Waals surface area contributed by atoms with E-state index in [1.165, 1.54) is 0 Å². The second-order valence-electron chi connectivity index (χ2n) is 3.84. The van der Waals surface area contributed by atoms with Gasteiger partial charge in [-0.15, -0.1) is 0 Å². The third-order valence-electron chi connectivity index (χ3n) is 2.38. The summed E-state index contributed by atoms with van der Waals surface area (Å²) in [4.78, 5) is 6.52. The van der Waals surface area contributed by atoms with E-state index >= 15 is 0 Å². The van der Waals surface area contributed by atoms with Crippen molar-refractivity contribution in [1.82, 2.24) is 14.3 Å². The van der Waals surface area contributed by atoms with Crippen LogP contribution in [0.15, 0.2) is 24.5 Å². The van der Waals surface area contributed by atoms with Gasteiger partial charge >= 0.3 is 0 Å². The molecule has 0 aromatic carbocycles. The molecule has 0 saturated carbocycles. The van der Waals surface area contributed by atoms with Crippen LogP contribution in [0.2, 0.25) is 5.02 Å². The van der Waals surface area contributed by atoms with Crippen molar-refractivity contribution in [2.45, 2.75) is 6.42 Å². The van der Waals surface area contributed by atoms with Crippen LogP contribution < -0.4 is 0 Å². The highest BCUT2D eigenvalue weighted by Gasteiger charge is 2.05. The summed E-state index contributed by atoms with van der Waals surface area (Å²) in [6, 6.07) is 3.82. The second kappa shape index (κ2) is 4.21. The minimum absolute atomic E-state index is 0.751. The van der Waals surface area contributed by atoms with Gasteiger partial charge in [-0.1, -0.05) is 11.6 Å². The van der Waals surface area contributed by atoms with Gasteiger partial charge in [-0.2, -0.15) is 0 Å². The van der Waals surface area contributed by atoms with Crippen molar-refractivity contribution in [3.63, 3.8) is 0 Å². The fourth-order valence-electron chi connectivity index (χ4n) is 1.55. The van der Waals surface area contributed by atoms with E-state index in [0.29, 0.717) is 0 Å². The number of aromatic nitrogens is 2. The predicted molar refractivity (Wildman–Crippen MR) is 62.5 cm³/mol. The van der Waals surface area contributed by atoms with Crippen molar-refractivity contribution >= 4 is 17.1 Å².